The van der Waals surface area contributed by atoms with Crippen LogP contribution in [0.1, 0.15) is 25.7 Å². The average molecular weight is 241 g/mol. The Morgan fingerprint density at radius 2 is 2.29 bits per heavy atom. The number of nitrogens with zero attached hydrogens (tertiary/aromatic N) is 1. The zero-order valence-electron chi connectivity index (χ0n) is 10.2. The summed E-state index contributed by atoms with van der Waals surface area (Å²) in [5.74, 6) is -0.240. The molecule has 1 aliphatic heterocycles. The summed E-state index contributed by atoms with van der Waals surface area (Å²) in [5, 5.41) is 0. The lowest BCUT2D eigenvalue weighted by molar-refractivity contribution is -0.140. The van der Waals surface area contributed by atoms with Crippen LogP contribution in [-0.2, 0) is 14.3 Å². The topological polar surface area (TPSA) is 55.8 Å². The highest BCUT2D eigenvalue weighted by Gasteiger charge is 2.29. The molecule has 96 valence electrons. The van der Waals surface area contributed by atoms with Gasteiger partial charge in [0.25, 0.3) is 0 Å². The first-order valence-corrected chi connectivity index (χ1v) is 5.80. The largest absolute Gasteiger partial charge is 0.469 e. The van der Waals surface area contributed by atoms with Gasteiger partial charge < -0.3 is 14.4 Å². The van der Waals surface area contributed by atoms with E-state index in [1.165, 1.54) is 13.2 Å². The average Bonchev–Trinajstić information content (AvgIpc) is 2.81. The zero-order valence-corrected chi connectivity index (χ0v) is 10.2. The van der Waals surface area contributed by atoms with Crippen molar-refractivity contribution in [3.05, 3.63) is 12.7 Å². The van der Waals surface area contributed by atoms with Gasteiger partial charge >= 0.3 is 12.1 Å². The summed E-state index contributed by atoms with van der Waals surface area (Å²) in [7, 11) is 1.37. The van der Waals surface area contributed by atoms with Gasteiger partial charge in [0.1, 0.15) is 6.61 Å². The molecule has 0 aromatic heterocycles. The standard InChI is InChI=1S/C12H19NO4/c1-3-9-17-12(15)13-8-4-5-10(13)6-7-11(14)16-2/h3,10H,1,4-9H2,2H3/t10-/m0/s1. The van der Waals surface area contributed by atoms with Gasteiger partial charge in [0.15, 0.2) is 0 Å². The highest BCUT2D eigenvalue weighted by molar-refractivity contribution is 5.70. The smallest absolute Gasteiger partial charge is 0.410 e. The quantitative estimate of drug-likeness (QED) is 0.543. The molecule has 1 fully saturated rings. The number of likely N-dealkylation sites (tertiary alicyclic amines) is 1. The molecule has 0 aromatic rings. The molecule has 0 spiro atoms. The molecule has 0 N–H and O–H groups in total. The van der Waals surface area contributed by atoms with Crippen molar-refractivity contribution in [3.8, 4) is 0 Å². The predicted octanol–water partition coefficient (Wildman–Crippen LogP) is 1.73. The summed E-state index contributed by atoms with van der Waals surface area (Å²) in [6.45, 7) is 4.41. The number of rotatable bonds is 5. The van der Waals surface area contributed by atoms with E-state index in [9.17, 15) is 9.59 Å². The number of methoxy groups -OCH3 is 1. The van der Waals surface area contributed by atoms with Crippen LogP contribution in [0.3, 0.4) is 0 Å². The Kier molecular flexibility index (Phi) is 5.52. The molecule has 1 heterocycles. The summed E-state index contributed by atoms with van der Waals surface area (Å²) in [6, 6.07) is 0.0893. The van der Waals surface area contributed by atoms with Crippen LogP contribution >= 0.6 is 0 Å². The first-order chi connectivity index (χ1) is 8.19. The van der Waals surface area contributed by atoms with E-state index in [-0.39, 0.29) is 24.7 Å². The van der Waals surface area contributed by atoms with Gasteiger partial charge in [-0.05, 0) is 19.3 Å². The molecule has 5 heteroatoms. The molecule has 0 radical (unpaired) electrons. The molecule has 1 aliphatic rings. The number of ether oxygens (including phenoxy) is 2. The van der Waals surface area contributed by atoms with Crippen LogP contribution in [0.25, 0.3) is 0 Å². The highest BCUT2D eigenvalue weighted by atomic mass is 16.6. The fraction of sp³-hybridized carbons (Fsp3) is 0.667. The van der Waals surface area contributed by atoms with Gasteiger partial charge in [0, 0.05) is 19.0 Å². The van der Waals surface area contributed by atoms with Gasteiger partial charge in [-0.2, -0.15) is 0 Å². The Morgan fingerprint density at radius 3 is 2.94 bits per heavy atom. The number of carbonyl (C=O) groups is 2. The second-order valence-corrected chi connectivity index (χ2v) is 3.97. The second-order valence-electron chi connectivity index (χ2n) is 3.97. The molecule has 5 nitrogen and oxygen atoms in total. The molecule has 0 aromatic carbocycles. The van der Waals surface area contributed by atoms with Gasteiger partial charge in [0.05, 0.1) is 7.11 Å². The maximum Gasteiger partial charge on any atom is 0.410 e. The lowest BCUT2D eigenvalue weighted by Crippen LogP contribution is -2.36. The second kappa shape index (κ2) is 6.93. The van der Waals surface area contributed by atoms with Crippen LogP contribution in [-0.4, -0.2) is 43.3 Å². The molecule has 1 saturated heterocycles. The maximum absolute atomic E-state index is 11.7. The first-order valence-electron chi connectivity index (χ1n) is 5.80. The van der Waals surface area contributed by atoms with Gasteiger partial charge in [-0.1, -0.05) is 12.7 Å². The molecule has 0 bridgehead atoms. The third-order valence-electron chi connectivity index (χ3n) is 2.85. The fourth-order valence-electron chi connectivity index (χ4n) is 1.98. The third-order valence-corrected chi connectivity index (χ3v) is 2.85. The van der Waals surface area contributed by atoms with E-state index in [0.29, 0.717) is 19.4 Å². The summed E-state index contributed by atoms with van der Waals surface area (Å²) in [4.78, 5) is 24.4. The van der Waals surface area contributed by atoms with Crippen molar-refractivity contribution in [2.45, 2.75) is 31.7 Å². The van der Waals surface area contributed by atoms with E-state index in [1.807, 2.05) is 0 Å². The zero-order chi connectivity index (χ0) is 12.7. The summed E-state index contributed by atoms with van der Waals surface area (Å²) in [5.41, 5.74) is 0. The Morgan fingerprint density at radius 1 is 1.53 bits per heavy atom. The fourth-order valence-corrected chi connectivity index (χ4v) is 1.98. The third kappa shape index (κ3) is 4.09. The van der Waals surface area contributed by atoms with E-state index in [4.69, 9.17) is 4.74 Å². The van der Waals surface area contributed by atoms with E-state index in [2.05, 4.69) is 11.3 Å². The first kappa shape index (κ1) is 13.5. The van der Waals surface area contributed by atoms with Crippen LogP contribution in [0.4, 0.5) is 4.79 Å². The minimum Gasteiger partial charge on any atom is -0.469 e. The SMILES string of the molecule is C=CCOC(=O)N1CCC[C@H]1CCC(=O)OC. The highest BCUT2D eigenvalue weighted by Crippen LogP contribution is 2.22. The van der Waals surface area contributed by atoms with Crippen molar-refractivity contribution in [2.75, 3.05) is 20.3 Å². The van der Waals surface area contributed by atoms with E-state index >= 15 is 0 Å². The Balaban J connectivity index is 2.40. The molecule has 1 atom stereocenters. The van der Waals surface area contributed by atoms with Crippen LogP contribution in [0.15, 0.2) is 12.7 Å². The number of amides is 1. The van der Waals surface area contributed by atoms with Crippen molar-refractivity contribution < 1.29 is 19.1 Å². The molecule has 0 aliphatic carbocycles. The summed E-state index contributed by atoms with van der Waals surface area (Å²) >= 11 is 0. The van der Waals surface area contributed by atoms with E-state index in [0.717, 1.165) is 12.8 Å². The van der Waals surface area contributed by atoms with Gasteiger partial charge in [-0.25, -0.2) is 4.79 Å². The Bertz CT molecular complexity index is 290. The lowest BCUT2D eigenvalue weighted by atomic mass is 10.1. The maximum atomic E-state index is 11.7. The van der Waals surface area contributed by atoms with Crippen LogP contribution in [0, 0.1) is 0 Å². The van der Waals surface area contributed by atoms with Crippen LogP contribution in [0.2, 0.25) is 0 Å². The summed E-state index contributed by atoms with van der Waals surface area (Å²) < 4.78 is 9.57. The number of hydrogen-bond donors (Lipinski definition) is 0. The number of esters is 1. The van der Waals surface area contributed by atoms with Gasteiger partial charge in [0.2, 0.25) is 0 Å². The molecule has 1 amide bonds. The van der Waals surface area contributed by atoms with Gasteiger partial charge in [-0.3, -0.25) is 4.79 Å². The monoisotopic (exact) mass is 241 g/mol. The molecule has 1 rings (SSSR count). The van der Waals surface area contributed by atoms with Crippen LogP contribution in [0.5, 0.6) is 0 Å². The van der Waals surface area contributed by atoms with Crippen molar-refractivity contribution in [3.63, 3.8) is 0 Å². The molecular formula is C12H19NO4. The van der Waals surface area contributed by atoms with Crippen molar-refractivity contribution in [1.82, 2.24) is 4.90 Å². The van der Waals surface area contributed by atoms with Crippen LogP contribution < -0.4 is 0 Å². The van der Waals surface area contributed by atoms with Gasteiger partial charge in [-0.15, -0.1) is 0 Å². The lowest BCUT2D eigenvalue weighted by Gasteiger charge is -2.23. The number of hydrogen-bond acceptors (Lipinski definition) is 4. The normalized spacial score (nSPS) is 18.9. The molecule has 0 saturated carbocycles. The molecular weight excluding hydrogens is 222 g/mol. The van der Waals surface area contributed by atoms with Crippen molar-refractivity contribution >= 4 is 12.1 Å². The number of carbonyl (C=O) groups excluding carboxylic acids is 2. The summed E-state index contributed by atoms with van der Waals surface area (Å²) in [6.07, 6.45) is 4.06. The molecule has 0 unspecified atom stereocenters. The van der Waals surface area contributed by atoms with E-state index < -0.39 is 0 Å². The molecule has 17 heavy (non-hydrogen) atoms. The minimum absolute atomic E-state index is 0.0893. The predicted molar refractivity (Wildman–Crippen MR) is 62.5 cm³/mol. The van der Waals surface area contributed by atoms with Crippen molar-refractivity contribution in [1.29, 1.82) is 0 Å². The Labute approximate surface area is 101 Å². The minimum atomic E-state index is -0.322. The van der Waals surface area contributed by atoms with Crippen molar-refractivity contribution in [2.24, 2.45) is 0 Å². The Hall–Kier alpha value is -1.52. The van der Waals surface area contributed by atoms with E-state index in [1.54, 1.807) is 4.90 Å².